The van der Waals surface area contributed by atoms with Gasteiger partial charge in [-0.25, -0.2) is 0 Å². The third-order valence-electron chi connectivity index (χ3n) is 3.44. The Morgan fingerprint density at radius 1 is 1.42 bits per heavy atom. The molecule has 112 valence electrons. The van der Waals surface area contributed by atoms with Gasteiger partial charge in [-0.2, -0.15) is 13.2 Å². The van der Waals surface area contributed by atoms with Crippen molar-refractivity contribution >= 4 is 5.91 Å². The van der Waals surface area contributed by atoms with Crippen LogP contribution in [0.15, 0.2) is 0 Å². The highest BCUT2D eigenvalue weighted by molar-refractivity contribution is 5.81. The van der Waals surface area contributed by atoms with Gasteiger partial charge in [0.25, 0.3) is 0 Å². The summed E-state index contributed by atoms with van der Waals surface area (Å²) in [6.45, 7) is 1.95. The molecule has 1 fully saturated rings. The number of likely N-dealkylation sites (N-methyl/N-ethyl adjacent to an activating group) is 1. The van der Waals surface area contributed by atoms with Crippen LogP contribution in [0.3, 0.4) is 0 Å². The molecule has 2 unspecified atom stereocenters. The van der Waals surface area contributed by atoms with Crippen LogP contribution in [0.2, 0.25) is 0 Å². The Morgan fingerprint density at radius 3 is 2.68 bits per heavy atom. The van der Waals surface area contributed by atoms with Crippen molar-refractivity contribution in [3.05, 3.63) is 0 Å². The van der Waals surface area contributed by atoms with E-state index in [0.717, 1.165) is 19.4 Å². The first-order valence-electron chi connectivity index (χ1n) is 6.57. The maximum absolute atomic E-state index is 12.0. The molecule has 1 aliphatic heterocycles. The van der Waals surface area contributed by atoms with Gasteiger partial charge in [0.2, 0.25) is 5.91 Å². The maximum Gasteiger partial charge on any atom is 0.405 e. The van der Waals surface area contributed by atoms with Gasteiger partial charge in [0.15, 0.2) is 0 Å². The molecule has 0 aromatic rings. The van der Waals surface area contributed by atoms with Gasteiger partial charge >= 0.3 is 6.18 Å². The Labute approximate surface area is 111 Å². The van der Waals surface area contributed by atoms with E-state index in [9.17, 15) is 18.0 Å². The number of likely N-dealkylation sites (tertiary alicyclic amines) is 1. The number of nitrogens with one attached hydrogen (secondary N) is 2. The van der Waals surface area contributed by atoms with E-state index in [4.69, 9.17) is 0 Å². The number of alkyl halides is 3. The second-order valence-corrected chi connectivity index (χ2v) is 5.09. The summed E-state index contributed by atoms with van der Waals surface area (Å²) in [7, 11) is 2.03. The van der Waals surface area contributed by atoms with Crippen molar-refractivity contribution in [2.24, 2.45) is 0 Å². The molecule has 1 saturated heterocycles. The second kappa shape index (κ2) is 7.09. The van der Waals surface area contributed by atoms with Crippen LogP contribution < -0.4 is 10.6 Å². The Hall–Kier alpha value is -0.820. The number of amides is 1. The minimum atomic E-state index is -4.36. The first-order valence-corrected chi connectivity index (χ1v) is 6.57. The molecule has 7 heteroatoms. The Kier molecular flexibility index (Phi) is 6.06. The minimum absolute atomic E-state index is 0.353. The van der Waals surface area contributed by atoms with Crippen molar-refractivity contribution in [3.63, 3.8) is 0 Å². The highest BCUT2D eigenvalue weighted by Gasteiger charge is 2.29. The lowest BCUT2D eigenvalue weighted by Gasteiger charge is -2.33. The van der Waals surface area contributed by atoms with E-state index in [0.29, 0.717) is 12.6 Å². The molecule has 2 atom stereocenters. The zero-order valence-electron chi connectivity index (χ0n) is 11.4. The summed E-state index contributed by atoms with van der Waals surface area (Å²) in [5, 5.41) is 4.88. The van der Waals surface area contributed by atoms with Gasteiger partial charge in [-0.05, 0) is 33.4 Å². The predicted molar refractivity (Wildman–Crippen MR) is 66.8 cm³/mol. The molecular weight excluding hydrogens is 259 g/mol. The molecule has 1 rings (SSSR count). The monoisotopic (exact) mass is 281 g/mol. The molecular formula is C12H22F3N3O. The Morgan fingerprint density at radius 2 is 2.11 bits per heavy atom. The number of hydrogen-bond acceptors (Lipinski definition) is 3. The van der Waals surface area contributed by atoms with Gasteiger partial charge in [-0.1, -0.05) is 6.42 Å². The predicted octanol–water partition coefficient (Wildman–Crippen LogP) is 1.13. The quantitative estimate of drug-likeness (QED) is 0.794. The van der Waals surface area contributed by atoms with E-state index in [1.807, 2.05) is 12.4 Å². The van der Waals surface area contributed by atoms with Gasteiger partial charge in [0.1, 0.15) is 6.54 Å². The van der Waals surface area contributed by atoms with E-state index in [2.05, 4.69) is 10.2 Å². The van der Waals surface area contributed by atoms with Crippen LogP contribution in [-0.2, 0) is 4.79 Å². The SMILES string of the molecule is CC(NCC1CCCCN1C)C(=O)NCC(F)(F)F. The van der Waals surface area contributed by atoms with Gasteiger partial charge in [0.05, 0.1) is 6.04 Å². The average molecular weight is 281 g/mol. The molecule has 2 N–H and O–H groups in total. The highest BCUT2D eigenvalue weighted by Crippen LogP contribution is 2.14. The fraction of sp³-hybridized carbons (Fsp3) is 0.917. The summed E-state index contributed by atoms with van der Waals surface area (Å²) in [5.41, 5.74) is 0. The molecule has 1 aliphatic rings. The van der Waals surface area contributed by atoms with Crippen LogP contribution in [0.4, 0.5) is 13.2 Å². The summed E-state index contributed by atoms with van der Waals surface area (Å²) >= 11 is 0. The average Bonchev–Trinajstić information content (AvgIpc) is 2.33. The molecule has 0 aliphatic carbocycles. The molecule has 4 nitrogen and oxygen atoms in total. The third kappa shape index (κ3) is 6.24. The van der Waals surface area contributed by atoms with Crippen LogP contribution in [0.1, 0.15) is 26.2 Å². The molecule has 19 heavy (non-hydrogen) atoms. The highest BCUT2D eigenvalue weighted by atomic mass is 19.4. The van der Waals surface area contributed by atoms with Crippen LogP contribution in [0.25, 0.3) is 0 Å². The molecule has 0 spiro atoms. The van der Waals surface area contributed by atoms with Crippen LogP contribution in [0.5, 0.6) is 0 Å². The Balaban J connectivity index is 2.26. The number of carbonyl (C=O) groups excluding carboxylic acids is 1. The topological polar surface area (TPSA) is 44.4 Å². The van der Waals surface area contributed by atoms with Gasteiger partial charge in [0, 0.05) is 12.6 Å². The summed E-state index contributed by atoms with van der Waals surface area (Å²) in [6.07, 6.45) is -0.973. The van der Waals surface area contributed by atoms with Crippen molar-refractivity contribution in [2.45, 2.75) is 44.4 Å². The van der Waals surface area contributed by atoms with E-state index >= 15 is 0 Å². The van der Waals surface area contributed by atoms with Crippen molar-refractivity contribution in [2.75, 3.05) is 26.7 Å². The summed E-state index contributed by atoms with van der Waals surface area (Å²) in [6, 6.07) is -0.260. The number of nitrogens with zero attached hydrogens (tertiary/aromatic N) is 1. The Bertz CT molecular complexity index is 296. The number of piperidine rings is 1. The standard InChI is InChI=1S/C12H22F3N3O/c1-9(11(19)17-8-12(13,14)15)16-7-10-5-3-4-6-18(10)2/h9-10,16H,3-8H2,1-2H3,(H,17,19). The maximum atomic E-state index is 12.0. The van der Waals surface area contributed by atoms with E-state index < -0.39 is 24.7 Å². The molecule has 0 radical (unpaired) electrons. The van der Waals surface area contributed by atoms with Crippen molar-refractivity contribution in [1.29, 1.82) is 0 Å². The van der Waals surface area contributed by atoms with Crippen LogP contribution in [-0.4, -0.2) is 55.7 Å². The van der Waals surface area contributed by atoms with Crippen molar-refractivity contribution in [1.82, 2.24) is 15.5 Å². The van der Waals surface area contributed by atoms with E-state index in [1.54, 1.807) is 6.92 Å². The summed E-state index contributed by atoms with van der Waals surface area (Å²) in [5.74, 6) is -0.615. The number of hydrogen-bond donors (Lipinski definition) is 2. The lowest BCUT2D eigenvalue weighted by molar-refractivity contribution is -0.139. The lowest BCUT2D eigenvalue weighted by atomic mass is 10.0. The van der Waals surface area contributed by atoms with E-state index in [1.165, 1.54) is 6.42 Å². The smallest absolute Gasteiger partial charge is 0.346 e. The van der Waals surface area contributed by atoms with E-state index in [-0.39, 0.29) is 0 Å². The lowest BCUT2D eigenvalue weighted by Crippen LogP contribution is -2.50. The molecule has 0 saturated carbocycles. The molecule has 1 amide bonds. The second-order valence-electron chi connectivity index (χ2n) is 5.09. The van der Waals surface area contributed by atoms with Crippen molar-refractivity contribution in [3.8, 4) is 0 Å². The summed E-state index contributed by atoms with van der Waals surface area (Å²) < 4.78 is 35.9. The van der Waals surface area contributed by atoms with Crippen molar-refractivity contribution < 1.29 is 18.0 Å². The third-order valence-corrected chi connectivity index (χ3v) is 3.44. The first-order chi connectivity index (χ1) is 8.79. The molecule has 0 bridgehead atoms. The fourth-order valence-corrected chi connectivity index (χ4v) is 2.15. The van der Waals surface area contributed by atoms with Gasteiger partial charge < -0.3 is 15.5 Å². The van der Waals surface area contributed by atoms with Crippen LogP contribution in [0, 0.1) is 0 Å². The molecule has 1 heterocycles. The minimum Gasteiger partial charge on any atom is -0.346 e. The fourth-order valence-electron chi connectivity index (χ4n) is 2.15. The van der Waals surface area contributed by atoms with Gasteiger partial charge in [-0.3, -0.25) is 4.79 Å². The van der Waals surface area contributed by atoms with Gasteiger partial charge in [-0.15, -0.1) is 0 Å². The number of carbonyl (C=O) groups is 1. The number of halogens is 3. The number of rotatable bonds is 5. The molecule has 0 aromatic heterocycles. The van der Waals surface area contributed by atoms with Crippen LogP contribution >= 0.6 is 0 Å². The largest absolute Gasteiger partial charge is 0.405 e. The zero-order valence-corrected chi connectivity index (χ0v) is 11.4. The normalized spacial score (nSPS) is 23.1. The first kappa shape index (κ1) is 16.2. The molecule has 0 aromatic carbocycles. The zero-order chi connectivity index (χ0) is 14.5. The summed E-state index contributed by atoms with van der Waals surface area (Å²) in [4.78, 5) is 13.7.